The highest BCUT2D eigenvalue weighted by Gasteiger charge is 2.26. The topological polar surface area (TPSA) is 52.6 Å². The molecule has 260 valence electrons. The minimum atomic E-state index is -0.0687. The molecule has 0 N–H and O–H groups in total. The van der Waals surface area contributed by atoms with Crippen molar-refractivity contribution in [3.63, 3.8) is 0 Å². The van der Waals surface area contributed by atoms with E-state index < -0.39 is 0 Å². The Kier molecular flexibility index (Phi) is 29.1. The van der Waals surface area contributed by atoms with Gasteiger partial charge in [-0.3, -0.25) is 9.59 Å². The molecule has 0 radical (unpaired) electrons. The van der Waals surface area contributed by atoms with Gasteiger partial charge in [-0.05, 0) is 103 Å². The molecule has 4 nitrogen and oxygen atoms in total. The van der Waals surface area contributed by atoms with Gasteiger partial charge in [0.2, 0.25) is 0 Å². The zero-order valence-electron chi connectivity index (χ0n) is 29.7. The van der Waals surface area contributed by atoms with Crippen LogP contribution < -0.4 is 0 Å². The highest BCUT2D eigenvalue weighted by Crippen LogP contribution is 2.25. The first-order valence-corrected chi connectivity index (χ1v) is 18.9. The number of carbonyl (C=O) groups excluding carboxylic acids is 2. The van der Waals surface area contributed by atoms with Crippen molar-refractivity contribution >= 4 is 11.9 Å². The van der Waals surface area contributed by atoms with Crippen molar-refractivity contribution in [2.24, 2.45) is 0 Å². The average Bonchev–Trinajstić information content (AvgIpc) is 3.05. The lowest BCUT2D eigenvalue weighted by molar-refractivity contribution is -0.158. The van der Waals surface area contributed by atoms with E-state index in [4.69, 9.17) is 9.47 Å². The molecule has 0 aromatic rings. The number of hydrogen-bond acceptors (Lipinski definition) is 4. The smallest absolute Gasteiger partial charge is 0.306 e. The molecule has 0 aromatic heterocycles. The Balaban J connectivity index is 1.92. The van der Waals surface area contributed by atoms with Crippen LogP contribution >= 0.6 is 0 Å². The van der Waals surface area contributed by atoms with Gasteiger partial charge < -0.3 is 9.47 Å². The van der Waals surface area contributed by atoms with Crippen LogP contribution in [0, 0.1) is 0 Å². The fourth-order valence-electron chi connectivity index (χ4n) is 5.53. The van der Waals surface area contributed by atoms with Crippen molar-refractivity contribution in [1.82, 2.24) is 0 Å². The first-order chi connectivity index (χ1) is 22.7. The third-order valence-corrected chi connectivity index (χ3v) is 8.28. The first kappa shape index (κ1) is 41.4. The molecule has 46 heavy (non-hydrogen) atoms. The second-order valence-corrected chi connectivity index (χ2v) is 12.6. The maximum Gasteiger partial charge on any atom is 0.306 e. The molecule has 4 heteroatoms. The fourth-order valence-corrected chi connectivity index (χ4v) is 5.53. The monoisotopic (exact) mass is 637 g/mol. The van der Waals surface area contributed by atoms with Gasteiger partial charge in [-0.2, -0.15) is 0 Å². The molecular formula is C42H68O4. The van der Waals surface area contributed by atoms with Gasteiger partial charge in [-0.25, -0.2) is 0 Å². The summed E-state index contributed by atoms with van der Waals surface area (Å²) in [6.07, 6.45) is 50.8. The summed E-state index contributed by atoms with van der Waals surface area (Å²) < 4.78 is 11.4. The van der Waals surface area contributed by atoms with Crippen LogP contribution in [0.5, 0.6) is 0 Å². The summed E-state index contributed by atoms with van der Waals surface area (Å²) in [5.41, 5.74) is 0. The van der Waals surface area contributed by atoms with Crippen molar-refractivity contribution in [2.45, 2.75) is 180 Å². The molecule has 0 saturated heterocycles. The number of allylic oxidation sites excluding steroid dienone is 12. The molecule has 0 amide bonds. The first-order valence-electron chi connectivity index (χ1n) is 18.9. The number of unbranched alkanes of at least 4 members (excludes halogenated alkanes) is 10. The highest BCUT2D eigenvalue weighted by atomic mass is 16.6. The van der Waals surface area contributed by atoms with Crippen LogP contribution in [0.1, 0.15) is 168 Å². The SMILES string of the molecule is CCC=CCC=CCC=CCCCCCCCC(=O)OC1CCC(OC(=O)CCCCCCCC=CCC=CCC=CCC)CC1. The Hall–Kier alpha value is -2.62. The lowest BCUT2D eigenvalue weighted by Gasteiger charge is -2.28. The van der Waals surface area contributed by atoms with Crippen LogP contribution in [0.15, 0.2) is 72.9 Å². The van der Waals surface area contributed by atoms with Crippen LogP contribution in [0.2, 0.25) is 0 Å². The van der Waals surface area contributed by atoms with Gasteiger partial charge in [0.05, 0.1) is 0 Å². The molecule has 0 bridgehead atoms. The van der Waals surface area contributed by atoms with E-state index in [1.807, 2.05) is 0 Å². The maximum absolute atomic E-state index is 12.3. The lowest BCUT2D eigenvalue weighted by Crippen LogP contribution is -2.29. The lowest BCUT2D eigenvalue weighted by atomic mass is 9.95. The standard InChI is InChI=1S/C42H68O4/c1-3-5-7-9-11-13-15-17-19-21-23-25-27-29-31-33-41(43)45-39-35-37-40(38-36-39)46-42(44)34-32-30-28-26-24-22-20-18-16-14-12-10-8-6-4-2/h5-8,11-14,17-20,39-40H,3-4,9-10,15-16,21-38H2,1-2H3. The summed E-state index contributed by atoms with van der Waals surface area (Å²) in [5.74, 6) is -0.137. The van der Waals surface area contributed by atoms with E-state index in [2.05, 4.69) is 86.8 Å². The summed E-state index contributed by atoms with van der Waals surface area (Å²) in [5, 5.41) is 0. The van der Waals surface area contributed by atoms with Crippen molar-refractivity contribution < 1.29 is 19.1 Å². The van der Waals surface area contributed by atoms with Crippen molar-refractivity contribution in [3.05, 3.63) is 72.9 Å². The van der Waals surface area contributed by atoms with Crippen LogP contribution in [0.25, 0.3) is 0 Å². The van der Waals surface area contributed by atoms with Gasteiger partial charge in [-0.15, -0.1) is 0 Å². The Morgan fingerprint density at radius 3 is 1.11 bits per heavy atom. The molecule has 0 unspecified atom stereocenters. The minimum Gasteiger partial charge on any atom is -0.462 e. The molecule has 0 atom stereocenters. The third-order valence-electron chi connectivity index (χ3n) is 8.28. The van der Waals surface area contributed by atoms with E-state index >= 15 is 0 Å². The summed E-state index contributed by atoms with van der Waals surface area (Å²) in [6.45, 7) is 4.32. The van der Waals surface area contributed by atoms with Crippen molar-refractivity contribution in [3.8, 4) is 0 Å². The van der Waals surface area contributed by atoms with E-state index in [0.717, 1.165) is 103 Å². The molecule has 0 aromatic carbocycles. The van der Waals surface area contributed by atoms with Crippen LogP contribution in [-0.4, -0.2) is 24.1 Å². The second-order valence-electron chi connectivity index (χ2n) is 12.6. The Morgan fingerprint density at radius 1 is 0.435 bits per heavy atom. The molecule has 0 spiro atoms. The predicted molar refractivity (Wildman–Crippen MR) is 197 cm³/mol. The van der Waals surface area contributed by atoms with Gasteiger partial charge in [-0.1, -0.05) is 125 Å². The molecular weight excluding hydrogens is 568 g/mol. The van der Waals surface area contributed by atoms with Gasteiger partial charge >= 0.3 is 11.9 Å². The molecule has 1 rings (SSSR count). The zero-order valence-corrected chi connectivity index (χ0v) is 29.7. The minimum absolute atomic E-state index is 0.0174. The average molecular weight is 637 g/mol. The number of rotatable bonds is 28. The van der Waals surface area contributed by atoms with E-state index in [1.54, 1.807) is 0 Å². The molecule has 1 saturated carbocycles. The van der Waals surface area contributed by atoms with Crippen molar-refractivity contribution in [1.29, 1.82) is 0 Å². The maximum atomic E-state index is 12.3. The molecule has 0 aliphatic heterocycles. The molecule has 0 heterocycles. The second kappa shape index (κ2) is 32.3. The predicted octanol–water partition coefficient (Wildman–Crippen LogP) is 12.6. The Morgan fingerprint density at radius 2 is 0.739 bits per heavy atom. The summed E-state index contributed by atoms with van der Waals surface area (Å²) in [7, 11) is 0. The zero-order chi connectivity index (χ0) is 33.2. The van der Waals surface area contributed by atoms with Crippen LogP contribution in [0.3, 0.4) is 0 Å². The number of ether oxygens (including phenoxy) is 2. The van der Waals surface area contributed by atoms with E-state index in [9.17, 15) is 9.59 Å². The van der Waals surface area contributed by atoms with Gasteiger partial charge in [0.1, 0.15) is 12.2 Å². The van der Waals surface area contributed by atoms with Crippen molar-refractivity contribution in [2.75, 3.05) is 0 Å². The Bertz CT molecular complexity index is 825. The van der Waals surface area contributed by atoms with Gasteiger partial charge in [0, 0.05) is 12.8 Å². The Labute approximate surface area is 283 Å². The van der Waals surface area contributed by atoms with Gasteiger partial charge in [0.15, 0.2) is 0 Å². The number of carbonyl (C=O) groups is 2. The highest BCUT2D eigenvalue weighted by molar-refractivity contribution is 5.70. The number of esters is 2. The van der Waals surface area contributed by atoms with Crippen LogP contribution in [0.4, 0.5) is 0 Å². The molecule has 1 aliphatic carbocycles. The largest absolute Gasteiger partial charge is 0.462 e. The number of hydrogen-bond donors (Lipinski definition) is 0. The normalized spacial score (nSPS) is 17.5. The molecule has 1 aliphatic rings. The third kappa shape index (κ3) is 27.7. The molecule has 1 fully saturated rings. The van der Waals surface area contributed by atoms with E-state index in [0.29, 0.717) is 12.8 Å². The van der Waals surface area contributed by atoms with Gasteiger partial charge in [0.25, 0.3) is 0 Å². The van der Waals surface area contributed by atoms with Crippen LogP contribution in [-0.2, 0) is 19.1 Å². The van der Waals surface area contributed by atoms with E-state index in [1.165, 1.54) is 38.5 Å². The summed E-state index contributed by atoms with van der Waals surface area (Å²) >= 11 is 0. The summed E-state index contributed by atoms with van der Waals surface area (Å²) in [4.78, 5) is 24.6. The summed E-state index contributed by atoms with van der Waals surface area (Å²) in [6, 6.07) is 0. The van der Waals surface area contributed by atoms with E-state index in [-0.39, 0.29) is 24.1 Å². The quantitative estimate of drug-likeness (QED) is 0.0487. The fraction of sp³-hybridized carbons (Fsp3) is 0.667.